The van der Waals surface area contributed by atoms with Crippen molar-refractivity contribution in [3.8, 4) is 17.0 Å². The first-order valence-electron chi connectivity index (χ1n) is 10.1. The molecular weight excluding hydrogens is 404 g/mol. The number of hydrogen-bond acceptors (Lipinski definition) is 5. The number of likely N-dealkylation sites (N-methyl/N-ethyl adjacent to an activating group) is 1. The Balaban J connectivity index is 2.02. The van der Waals surface area contributed by atoms with Crippen molar-refractivity contribution in [3.05, 3.63) is 35.0 Å². The van der Waals surface area contributed by atoms with Gasteiger partial charge >= 0.3 is 6.09 Å². The molecule has 1 N–H and O–H groups in total. The zero-order valence-corrected chi connectivity index (χ0v) is 19.7. The molecule has 2 rings (SSSR count). The van der Waals surface area contributed by atoms with Gasteiger partial charge in [0.05, 0.1) is 23.0 Å². The minimum Gasteiger partial charge on any atom is -0.489 e. The molecule has 0 aliphatic carbocycles. The van der Waals surface area contributed by atoms with E-state index < -0.39 is 11.7 Å². The lowest BCUT2D eigenvalue weighted by Crippen LogP contribution is -2.36. The van der Waals surface area contributed by atoms with Gasteiger partial charge in [0.25, 0.3) is 0 Å². The first kappa shape index (κ1) is 24.0. The quantitative estimate of drug-likeness (QED) is 0.660. The van der Waals surface area contributed by atoms with Crippen LogP contribution in [0.3, 0.4) is 0 Å². The van der Waals surface area contributed by atoms with Crippen LogP contribution < -0.4 is 10.1 Å². The molecule has 0 radical (unpaired) electrons. The van der Waals surface area contributed by atoms with Crippen LogP contribution in [0.2, 0.25) is 5.02 Å². The van der Waals surface area contributed by atoms with Crippen LogP contribution in [0.5, 0.6) is 5.75 Å². The number of nitrogens with zero attached hydrogens (tertiary/aromatic N) is 3. The summed E-state index contributed by atoms with van der Waals surface area (Å²) in [5.41, 5.74) is 2.55. The van der Waals surface area contributed by atoms with Crippen LogP contribution in [0.4, 0.5) is 4.79 Å². The minimum atomic E-state index is -0.502. The summed E-state index contributed by atoms with van der Waals surface area (Å²) >= 11 is 6.43. The predicted octanol–water partition coefficient (Wildman–Crippen LogP) is 4.48. The number of hydrogen-bond donors (Lipinski definition) is 1. The fraction of sp³-hybridized carbons (Fsp3) is 0.545. The van der Waals surface area contributed by atoms with Gasteiger partial charge in [-0.05, 0) is 59.9 Å². The Morgan fingerprint density at radius 1 is 1.33 bits per heavy atom. The van der Waals surface area contributed by atoms with E-state index in [1.165, 1.54) is 0 Å². The normalized spacial score (nSPS) is 11.8. The fourth-order valence-corrected chi connectivity index (χ4v) is 3.23. The molecule has 0 spiro atoms. The van der Waals surface area contributed by atoms with E-state index in [4.69, 9.17) is 21.1 Å². The average molecular weight is 437 g/mol. The Morgan fingerprint density at radius 2 is 2.03 bits per heavy atom. The molecule has 1 aromatic carbocycles. The standard InChI is InChI=1S/C22H33ClN4O3/c1-15(2)29-19-9-8-16(12-18(19)23)20-17(13-25-27(20)7)14-26(6)11-10-24-21(28)30-22(3,4)5/h8-9,12-13,15H,10-11,14H2,1-7H3,(H,24,28). The Kier molecular flexibility index (Phi) is 8.15. The molecule has 8 heteroatoms. The number of halogens is 1. The van der Waals surface area contributed by atoms with Gasteiger partial charge in [0.1, 0.15) is 11.4 Å². The first-order chi connectivity index (χ1) is 14.0. The number of carbonyl (C=O) groups is 1. The summed E-state index contributed by atoms with van der Waals surface area (Å²) in [5, 5.41) is 7.78. The number of ether oxygens (including phenoxy) is 2. The molecule has 0 aliphatic heterocycles. The molecule has 166 valence electrons. The van der Waals surface area contributed by atoms with E-state index in [0.29, 0.717) is 30.4 Å². The van der Waals surface area contributed by atoms with Gasteiger partial charge < -0.3 is 19.7 Å². The Bertz CT molecular complexity index is 859. The summed E-state index contributed by atoms with van der Waals surface area (Å²) < 4.78 is 12.8. The van der Waals surface area contributed by atoms with Crippen LogP contribution in [0.25, 0.3) is 11.3 Å². The number of benzene rings is 1. The molecule has 0 saturated heterocycles. The van der Waals surface area contributed by atoms with Crippen LogP contribution in [0.1, 0.15) is 40.2 Å². The number of rotatable bonds is 8. The molecule has 30 heavy (non-hydrogen) atoms. The van der Waals surface area contributed by atoms with E-state index >= 15 is 0 Å². The van der Waals surface area contributed by atoms with E-state index in [1.807, 2.05) is 77.8 Å². The van der Waals surface area contributed by atoms with E-state index in [0.717, 1.165) is 16.8 Å². The van der Waals surface area contributed by atoms with Crippen molar-refractivity contribution in [2.45, 2.75) is 52.9 Å². The molecule has 7 nitrogen and oxygen atoms in total. The van der Waals surface area contributed by atoms with E-state index in [1.54, 1.807) is 0 Å². The van der Waals surface area contributed by atoms with Gasteiger partial charge in [-0.1, -0.05) is 11.6 Å². The van der Waals surface area contributed by atoms with Gasteiger partial charge in [-0.2, -0.15) is 5.10 Å². The van der Waals surface area contributed by atoms with Gasteiger partial charge in [-0.15, -0.1) is 0 Å². The van der Waals surface area contributed by atoms with Gasteiger partial charge in [0, 0.05) is 37.8 Å². The topological polar surface area (TPSA) is 68.6 Å². The maximum Gasteiger partial charge on any atom is 0.407 e. The number of nitrogens with one attached hydrogen (secondary N) is 1. The highest BCUT2D eigenvalue weighted by Gasteiger charge is 2.17. The van der Waals surface area contributed by atoms with Crippen molar-refractivity contribution in [1.29, 1.82) is 0 Å². The smallest absolute Gasteiger partial charge is 0.407 e. The Morgan fingerprint density at radius 3 is 2.63 bits per heavy atom. The zero-order valence-electron chi connectivity index (χ0n) is 19.0. The molecular formula is C22H33ClN4O3. The summed E-state index contributed by atoms with van der Waals surface area (Å²) in [6.07, 6.45) is 1.51. The van der Waals surface area contributed by atoms with Gasteiger partial charge in [0.2, 0.25) is 0 Å². The summed E-state index contributed by atoms with van der Waals surface area (Å²) in [6, 6.07) is 5.79. The van der Waals surface area contributed by atoms with Crippen molar-refractivity contribution in [2.24, 2.45) is 7.05 Å². The monoisotopic (exact) mass is 436 g/mol. The Hall–Kier alpha value is -2.25. The minimum absolute atomic E-state index is 0.0588. The second kappa shape index (κ2) is 10.2. The van der Waals surface area contributed by atoms with Crippen molar-refractivity contribution < 1.29 is 14.3 Å². The van der Waals surface area contributed by atoms with Gasteiger partial charge in [-0.3, -0.25) is 4.68 Å². The van der Waals surface area contributed by atoms with Crippen LogP contribution in [-0.4, -0.2) is 52.6 Å². The van der Waals surface area contributed by atoms with Crippen molar-refractivity contribution >= 4 is 17.7 Å². The molecule has 0 unspecified atom stereocenters. The molecule has 1 aromatic heterocycles. The van der Waals surface area contributed by atoms with E-state index in [2.05, 4.69) is 15.3 Å². The lowest BCUT2D eigenvalue weighted by Gasteiger charge is -2.21. The molecule has 2 aromatic rings. The third kappa shape index (κ3) is 7.22. The number of aromatic nitrogens is 2. The zero-order chi connectivity index (χ0) is 22.5. The van der Waals surface area contributed by atoms with Crippen LogP contribution in [0, 0.1) is 0 Å². The van der Waals surface area contributed by atoms with E-state index in [9.17, 15) is 4.79 Å². The third-order valence-electron chi connectivity index (χ3n) is 4.18. The molecule has 0 fully saturated rings. The maximum absolute atomic E-state index is 11.8. The van der Waals surface area contributed by atoms with E-state index in [-0.39, 0.29) is 6.10 Å². The fourth-order valence-electron chi connectivity index (χ4n) is 3.00. The lowest BCUT2D eigenvalue weighted by molar-refractivity contribution is 0.0523. The molecule has 1 heterocycles. The number of carbonyl (C=O) groups excluding carboxylic acids is 1. The van der Waals surface area contributed by atoms with Crippen molar-refractivity contribution in [2.75, 3.05) is 20.1 Å². The SMILES string of the molecule is CC(C)Oc1ccc(-c2c(CN(C)CCNC(=O)OC(C)(C)C)cnn2C)cc1Cl. The van der Waals surface area contributed by atoms with Crippen LogP contribution in [-0.2, 0) is 18.3 Å². The first-order valence-corrected chi connectivity index (χ1v) is 10.5. The highest BCUT2D eigenvalue weighted by Crippen LogP contribution is 2.32. The molecule has 0 bridgehead atoms. The van der Waals surface area contributed by atoms with Gasteiger partial charge in [0.15, 0.2) is 0 Å². The average Bonchev–Trinajstić information content (AvgIpc) is 2.95. The summed E-state index contributed by atoms with van der Waals surface area (Å²) in [4.78, 5) is 13.9. The molecule has 0 atom stereocenters. The summed E-state index contributed by atoms with van der Waals surface area (Å²) in [7, 11) is 3.91. The second-order valence-electron chi connectivity index (χ2n) is 8.62. The highest BCUT2D eigenvalue weighted by molar-refractivity contribution is 6.32. The largest absolute Gasteiger partial charge is 0.489 e. The van der Waals surface area contributed by atoms with Crippen LogP contribution >= 0.6 is 11.6 Å². The Labute approximate surface area is 184 Å². The highest BCUT2D eigenvalue weighted by atomic mass is 35.5. The third-order valence-corrected chi connectivity index (χ3v) is 4.48. The number of aryl methyl sites for hydroxylation is 1. The van der Waals surface area contributed by atoms with Crippen molar-refractivity contribution in [1.82, 2.24) is 20.0 Å². The van der Waals surface area contributed by atoms with Crippen LogP contribution in [0.15, 0.2) is 24.4 Å². The second-order valence-corrected chi connectivity index (χ2v) is 9.03. The summed E-state index contributed by atoms with van der Waals surface area (Å²) in [5.74, 6) is 0.671. The number of amides is 1. The summed E-state index contributed by atoms with van der Waals surface area (Å²) in [6.45, 7) is 11.3. The lowest BCUT2D eigenvalue weighted by atomic mass is 10.1. The molecule has 0 aliphatic rings. The number of alkyl carbamates (subject to hydrolysis) is 1. The molecule has 1 amide bonds. The maximum atomic E-state index is 11.8. The van der Waals surface area contributed by atoms with Gasteiger partial charge in [-0.25, -0.2) is 4.79 Å². The van der Waals surface area contributed by atoms with Crippen molar-refractivity contribution in [3.63, 3.8) is 0 Å². The molecule has 0 saturated carbocycles. The predicted molar refractivity (Wildman–Crippen MR) is 120 cm³/mol.